The summed E-state index contributed by atoms with van der Waals surface area (Å²) in [6.45, 7) is 4.28. The van der Waals surface area contributed by atoms with Crippen LogP contribution in [0.4, 0.5) is 0 Å². The second-order valence-electron chi connectivity index (χ2n) is 2.70. The summed E-state index contributed by atoms with van der Waals surface area (Å²) in [6.07, 6.45) is 4.23. The van der Waals surface area contributed by atoms with Crippen LogP contribution in [0.1, 0.15) is 33.1 Å². The van der Waals surface area contributed by atoms with Crippen LogP contribution >= 0.6 is 0 Å². The van der Waals surface area contributed by atoms with E-state index < -0.39 is 0 Å². The predicted molar refractivity (Wildman–Crippen MR) is 51.3 cm³/mol. The fourth-order valence-corrected chi connectivity index (χ4v) is 0.942. The summed E-state index contributed by atoms with van der Waals surface area (Å²) in [5.41, 5.74) is 0.617. The SMILES string of the molecule is CCCCC(=COC)C(=O)OCC. The van der Waals surface area contributed by atoms with Gasteiger partial charge in [0.1, 0.15) is 0 Å². The number of ether oxygens (including phenoxy) is 2. The zero-order valence-electron chi connectivity index (χ0n) is 8.63. The van der Waals surface area contributed by atoms with Crippen molar-refractivity contribution in [3.63, 3.8) is 0 Å². The van der Waals surface area contributed by atoms with Crippen LogP contribution in [-0.4, -0.2) is 19.7 Å². The highest BCUT2D eigenvalue weighted by molar-refractivity contribution is 5.88. The Morgan fingerprint density at radius 1 is 1.38 bits per heavy atom. The second kappa shape index (κ2) is 7.65. The minimum absolute atomic E-state index is 0.266. The van der Waals surface area contributed by atoms with Gasteiger partial charge in [0, 0.05) is 0 Å². The van der Waals surface area contributed by atoms with Crippen molar-refractivity contribution < 1.29 is 14.3 Å². The second-order valence-corrected chi connectivity index (χ2v) is 2.70. The van der Waals surface area contributed by atoms with Gasteiger partial charge in [0.25, 0.3) is 0 Å². The molecule has 0 aliphatic rings. The van der Waals surface area contributed by atoms with Gasteiger partial charge in [0.05, 0.1) is 25.6 Å². The van der Waals surface area contributed by atoms with E-state index in [0.717, 1.165) is 19.3 Å². The fraction of sp³-hybridized carbons (Fsp3) is 0.700. The summed E-state index contributed by atoms with van der Waals surface area (Å²) in [5, 5.41) is 0. The quantitative estimate of drug-likeness (QED) is 0.362. The van der Waals surface area contributed by atoms with Crippen LogP contribution in [0.15, 0.2) is 11.8 Å². The number of carbonyl (C=O) groups excluding carboxylic acids is 1. The lowest BCUT2D eigenvalue weighted by Gasteiger charge is -2.05. The van der Waals surface area contributed by atoms with Gasteiger partial charge in [-0.15, -0.1) is 0 Å². The Balaban J connectivity index is 4.08. The molecule has 0 aliphatic carbocycles. The summed E-state index contributed by atoms with van der Waals surface area (Å²) in [4.78, 5) is 11.3. The van der Waals surface area contributed by atoms with E-state index in [4.69, 9.17) is 9.47 Å². The molecule has 13 heavy (non-hydrogen) atoms. The molecule has 0 heterocycles. The van der Waals surface area contributed by atoms with E-state index in [1.165, 1.54) is 13.4 Å². The van der Waals surface area contributed by atoms with Crippen LogP contribution in [-0.2, 0) is 14.3 Å². The van der Waals surface area contributed by atoms with Gasteiger partial charge in [-0.2, -0.15) is 0 Å². The molecule has 0 radical (unpaired) electrons. The van der Waals surface area contributed by atoms with Gasteiger partial charge in [-0.25, -0.2) is 4.79 Å². The van der Waals surface area contributed by atoms with Gasteiger partial charge in [-0.3, -0.25) is 0 Å². The molecule has 0 amide bonds. The van der Waals surface area contributed by atoms with Gasteiger partial charge >= 0.3 is 5.97 Å². The summed E-state index contributed by atoms with van der Waals surface area (Å²) < 4.78 is 9.67. The van der Waals surface area contributed by atoms with Crippen LogP contribution in [0.5, 0.6) is 0 Å². The summed E-state index contributed by atoms with van der Waals surface area (Å²) in [7, 11) is 1.53. The maximum absolute atomic E-state index is 11.3. The molecule has 0 bridgehead atoms. The Morgan fingerprint density at radius 2 is 2.08 bits per heavy atom. The van der Waals surface area contributed by atoms with Crippen molar-refractivity contribution in [2.75, 3.05) is 13.7 Å². The maximum atomic E-state index is 11.3. The maximum Gasteiger partial charge on any atom is 0.337 e. The van der Waals surface area contributed by atoms with Crippen molar-refractivity contribution in [3.05, 3.63) is 11.8 Å². The molecule has 0 spiro atoms. The van der Waals surface area contributed by atoms with E-state index in [-0.39, 0.29) is 5.97 Å². The number of carbonyl (C=O) groups is 1. The standard InChI is InChI=1S/C10H18O3/c1-4-6-7-9(8-12-3)10(11)13-5-2/h8H,4-7H2,1-3H3. The number of hydrogen-bond donors (Lipinski definition) is 0. The van der Waals surface area contributed by atoms with Crippen molar-refractivity contribution in [1.82, 2.24) is 0 Å². The third-order valence-electron chi connectivity index (χ3n) is 1.60. The third kappa shape index (κ3) is 5.28. The van der Waals surface area contributed by atoms with Crippen molar-refractivity contribution in [3.8, 4) is 0 Å². The Labute approximate surface area is 79.7 Å². The molecule has 0 unspecified atom stereocenters. The van der Waals surface area contributed by atoms with Crippen LogP contribution in [0.2, 0.25) is 0 Å². The summed E-state index contributed by atoms with van der Waals surface area (Å²) in [5.74, 6) is -0.266. The first-order chi connectivity index (χ1) is 6.26. The van der Waals surface area contributed by atoms with Crippen molar-refractivity contribution >= 4 is 5.97 Å². The number of unbranched alkanes of at least 4 members (excludes halogenated alkanes) is 1. The normalized spacial score (nSPS) is 11.2. The van der Waals surface area contributed by atoms with Crippen molar-refractivity contribution in [2.24, 2.45) is 0 Å². The Bertz CT molecular complexity index is 173. The molecule has 0 aromatic rings. The van der Waals surface area contributed by atoms with E-state index in [9.17, 15) is 4.79 Å². The molecular formula is C10H18O3. The average molecular weight is 186 g/mol. The molecule has 0 fully saturated rings. The molecule has 3 heteroatoms. The lowest BCUT2D eigenvalue weighted by atomic mass is 10.1. The van der Waals surface area contributed by atoms with E-state index in [0.29, 0.717) is 12.2 Å². The number of esters is 1. The van der Waals surface area contributed by atoms with Gasteiger partial charge in [0.2, 0.25) is 0 Å². The smallest absolute Gasteiger partial charge is 0.337 e. The van der Waals surface area contributed by atoms with E-state index >= 15 is 0 Å². The van der Waals surface area contributed by atoms with Crippen LogP contribution in [0.3, 0.4) is 0 Å². The minimum atomic E-state index is -0.266. The lowest BCUT2D eigenvalue weighted by Crippen LogP contribution is -2.08. The predicted octanol–water partition coefficient (Wildman–Crippen LogP) is 2.27. The highest BCUT2D eigenvalue weighted by Gasteiger charge is 2.09. The van der Waals surface area contributed by atoms with Crippen LogP contribution < -0.4 is 0 Å². The van der Waals surface area contributed by atoms with E-state index in [1.807, 2.05) is 0 Å². The van der Waals surface area contributed by atoms with E-state index in [1.54, 1.807) is 6.92 Å². The minimum Gasteiger partial charge on any atom is -0.504 e. The fourth-order valence-electron chi connectivity index (χ4n) is 0.942. The number of hydrogen-bond acceptors (Lipinski definition) is 3. The molecule has 0 aromatic carbocycles. The van der Waals surface area contributed by atoms with E-state index in [2.05, 4.69) is 6.92 Å². The molecule has 0 N–H and O–H groups in total. The summed E-state index contributed by atoms with van der Waals surface area (Å²) >= 11 is 0. The Hall–Kier alpha value is -0.990. The first-order valence-corrected chi connectivity index (χ1v) is 4.65. The Morgan fingerprint density at radius 3 is 2.54 bits per heavy atom. The molecule has 0 saturated heterocycles. The zero-order chi connectivity index (χ0) is 10.1. The molecule has 0 aromatic heterocycles. The average Bonchev–Trinajstić information content (AvgIpc) is 2.12. The first kappa shape index (κ1) is 12.0. The van der Waals surface area contributed by atoms with Crippen molar-refractivity contribution in [1.29, 1.82) is 0 Å². The molecular weight excluding hydrogens is 168 g/mol. The molecule has 0 rings (SSSR count). The molecule has 0 saturated carbocycles. The topological polar surface area (TPSA) is 35.5 Å². The highest BCUT2D eigenvalue weighted by Crippen LogP contribution is 2.09. The third-order valence-corrected chi connectivity index (χ3v) is 1.60. The molecule has 0 aliphatic heterocycles. The monoisotopic (exact) mass is 186 g/mol. The van der Waals surface area contributed by atoms with Gasteiger partial charge < -0.3 is 9.47 Å². The zero-order valence-corrected chi connectivity index (χ0v) is 8.63. The van der Waals surface area contributed by atoms with Crippen LogP contribution in [0.25, 0.3) is 0 Å². The number of methoxy groups -OCH3 is 1. The summed E-state index contributed by atoms with van der Waals surface area (Å²) in [6, 6.07) is 0. The highest BCUT2D eigenvalue weighted by atomic mass is 16.5. The molecule has 0 atom stereocenters. The van der Waals surface area contributed by atoms with Crippen molar-refractivity contribution in [2.45, 2.75) is 33.1 Å². The van der Waals surface area contributed by atoms with Gasteiger partial charge in [0.15, 0.2) is 0 Å². The number of rotatable bonds is 6. The van der Waals surface area contributed by atoms with Gasteiger partial charge in [-0.05, 0) is 19.8 Å². The first-order valence-electron chi connectivity index (χ1n) is 4.65. The largest absolute Gasteiger partial charge is 0.504 e. The van der Waals surface area contributed by atoms with Gasteiger partial charge in [-0.1, -0.05) is 13.3 Å². The van der Waals surface area contributed by atoms with Crippen LogP contribution in [0, 0.1) is 0 Å². The molecule has 76 valence electrons. The molecule has 3 nitrogen and oxygen atoms in total. The lowest BCUT2D eigenvalue weighted by molar-refractivity contribution is -0.138. The Kier molecular flexibility index (Phi) is 7.07.